The van der Waals surface area contributed by atoms with Crippen molar-refractivity contribution >= 4 is 29.0 Å². The molecular weight excluding hydrogens is 378 g/mol. The predicted molar refractivity (Wildman–Crippen MR) is 107 cm³/mol. The summed E-state index contributed by atoms with van der Waals surface area (Å²) in [5, 5.41) is 22.6. The number of nitrogens with one attached hydrogen (secondary N) is 1. The second-order valence-electron chi connectivity index (χ2n) is 6.22. The SMILES string of the molecule is Cc1ccc(NC(=O)CSc2nnc(C)n2Cc2ccccc2)c([N+](=O)[O-])c1. The number of aromatic nitrogens is 3. The molecule has 1 heterocycles. The number of anilines is 1. The van der Waals surface area contributed by atoms with E-state index in [0.717, 1.165) is 17.0 Å². The molecule has 1 aromatic heterocycles. The van der Waals surface area contributed by atoms with Gasteiger partial charge in [0.15, 0.2) is 5.16 Å². The van der Waals surface area contributed by atoms with Gasteiger partial charge in [0.2, 0.25) is 5.91 Å². The summed E-state index contributed by atoms with van der Waals surface area (Å²) in [4.78, 5) is 23.0. The van der Waals surface area contributed by atoms with Crippen LogP contribution in [0.2, 0.25) is 0 Å². The minimum atomic E-state index is -0.504. The number of nitrogens with zero attached hydrogens (tertiary/aromatic N) is 4. The van der Waals surface area contributed by atoms with Gasteiger partial charge in [0.05, 0.1) is 17.2 Å². The molecule has 0 fully saturated rings. The molecule has 0 saturated heterocycles. The number of rotatable bonds is 7. The molecule has 3 aromatic rings. The molecule has 0 radical (unpaired) electrons. The van der Waals surface area contributed by atoms with Crippen molar-refractivity contribution in [1.82, 2.24) is 14.8 Å². The lowest BCUT2D eigenvalue weighted by atomic mass is 10.2. The Hall–Kier alpha value is -3.20. The van der Waals surface area contributed by atoms with Crippen LogP contribution in [0, 0.1) is 24.0 Å². The number of aryl methyl sites for hydroxylation is 2. The van der Waals surface area contributed by atoms with Crippen molar-refractivity contribution < 1.29 is 9.72 Å². The highest BCUT2D eigenvalue weighted by Crippen LogP contribution is 2.26. The molecule has 2 aromatic carbocycles. The maximum atomic E-state index is 12.3. The number of carbonyl (C=O) groups excluding carboxylic acids is 1. The van der Waals surface area contributed by atoms with Crippen LogP contribution in [-0.4, -0.2) is 31.3 Å². The lowest BCUT2D eigenvalue weighted by Crippen LogP contribution is -2.16. The Morgan fingerprint density at radius 1 is 1.18 bits per heavy atom. The van der Waals surface area contributed by atoms with Crippen molar-refractivity contribution in [3.8, 4) is 0 Å². The first-order valence-electron chi connectivity index (χ1n) is 8.55. The first-order chi connectivity index (χ1) is 13.4. The molecule has 0 atom stereocenters. The molecule has 144 valence electrons. The van der Waals surface area contributed by atoms with Crippen LogP contribution >= 0.6 is 11.8 Å². The van der Waals surface area contributed by atoms with Crippen LogP contribution in [0.3, 0.4) is 0 Å². The van der Waals surface area contributed by atoms with E-state index in [9.17, 15) is 14.9 Å². The molecule has 8 nitrogen and oxygen atoms in total. The van der Waals surface area contributed by atoms with E-state index in [1.54, 1.807) is 13.0 Å². The van der Waals surface area contributed by atoms with Crippen molar-refractivity contribution in [3.05, 3.63) is 75.6 Å². The van der Waals surface area contributed by atoms with Gasteiger partial charge in [0.25, 0.3) is 5.69 Å². The Bertz CT molecular complexity index is 1000. The van der Waals surface area contributed by atoms with E-state index >= 15 is 0 Å². The first kappa shape index (κ1) is 19.6. The minimum Gasteiger partial charge on any atom is -0.320 e. The molecular formula is C19H19N5O3S. The molecule has 28 heavy (non-hydrogen) atoms. The average Bonchev–Trinajstić information content (AvgIpc) is 3.02. The average molecular weight is 397 g/mol. The van der Waals surface area contributed by atoms with E-state index in [0.29, 0.717) is 11.7 Å². The number of amides is 1. The van der Waals surface area contributed by atoms with Crippen LogP contribution < -0.4 is 5.32 Å². The van der Waals surface area contributed by atoms with Crippen LogP contribution in [-0.2, 0) is 11.3 Å². The zero-order valence-corrected chi connectivity index (χ0v) is 16.3. The van der Waals surface area contributed by atoms with E-state index in [2.05, 4.69) is 15.5 Å². The molecule has 0 aliphatic rings. The van der Waals surface area contributed by atoms with Crippen LogP contribution in [0.15, 0.2) is 53.7 Å². The van der Waals surface area contributed by atoms with Crippen molar-refractivity contribution in [2.75, 3.05) is 11.1 Å². The molecule has 0 aliphatic carbocycles. The number of benzene rings is 2. The van der Waals surface area contributed by atoms with Gasteiger partial charge in [-0.1, -0.05) is 48.2 Å². The molecule has 9 heteroatoms. The van der Waals surface area contributed by atoms with E-state index in [1.807, 2.05) is 41.8 Å². The van der Waals surface area contributed by atoms with Crippen LogP contribution in [0.1, 0.15) is 17.0 Å². The Morgan fingerprint density at radius 2 is 1.93 bits per heavy atom. The van der Waals surface area contributed by atoms with Gasteiger partial charge in [-0.05, 0) is 31.0 Å². The highest BCUT2D eigenvalue weighted by Gasteiger charge is 2.17. The summed E-state index contributed by atoms with van der Waals surface area (Å²) >= 11 is 1.24. The summed E-state index contributed by atoms with van der Waals surface area (Å²) in [6.45, 7) is 4.22. The molecule has 1 N–H and O–H groups in total. The third-order valence-corrected chi connectivity index (χ3v) is 5.01. The van der Waals surface area contributed by atoms with Gasteiger partial charge >= 0.3 is 0 Å². The van der Waals surface area contributed by atoms with Gasteiger partial charge < -0.3 is 9.88 Å². The van der Waals surface area contributed by atoms with E-state index in [4.69, 9.17) is 0 Å². The molecule has 0 spiro atoms. The number of nitro groups is 1. The Labute approximate surface area is 166 Å². The Kier molecular flexibility index (Phi) is 6.05. The quantitative estimate of drug-likeness (QED) is 0.371. The number of carbonyl (C=O) groups is 1. The topological polar surface area (TPSA) is 103 Å². The summed E-state index contributed by atoms with van der Waals surface area (Å²) in [5.74, 6) is 0.475. The predicted octanol–water partition coefficient (Wildman–Crippen LogP) is 3.58. The van der Waals surface area contributed by atoms with Gasteiger partial charge in [0, 0.05) is 6.07 Å². The fourth-order valence-corrected chi connectivity index (χ4v) is 3.41. The van der Waals surface area contributed by atoms with E-state index < -0.39 is 4.92 Å². The molecule has 0 saturated carbocycles. The van der Waals surface area contributed by atoms with Gasteiger partial charge in [-0.2, -0.15) is 0 Å². The summed E-state index contributed by atoms with van der Waals surface area (Å²) in [6.07, 6.45) is 0. The van der Waals surface area contributed by atoms with Crippen molar-refractivity contribution in [3.63, 3.8) is 0 Å². The fourth-order valence-electron chi connectivity index (χ4n) is 2.63. The number of nitro benzene ring substituents is 1. The van der Waals surface area contributed by atoms with Gasteiger partial charge in [-0.3, -0.25) is 14.9 Å². The highest BCUT2D eigenvalue weighted by molar-refractivity contribution is 7.99. The highest BCUT2D eigenvalue weighted by atomic mass is 32.2. The summed E-state index contributed by atoms with van der Waals surface area (Å²) in [6, 6.07) is 14.6. The van der Waals surface area contributed by atoms with E-state index in [1.165, 1.54) is 23.9 Å². The van der Waals surface area contributed by atoms with Crippen molar-refractivity contribution in [1.29, 1.82) is 0 Å². The summed E-state index contributed by atoms with van der Waals surface area (Å²) in [7, 11) is 0. The Morgan fingerprint density at radius 3 is 2.64 bits per heavy atom. The maximum Gasteiger partial charge on any atom is 0.293 e. The van der Waals surface area contributed by atoms with Gasteiger partial charge in [-0.15, -0.1) is 10.2 Å². The summed E-state index contributed by atoms with van der Waals surface area (Å²) < 4.78 is 1.93. The molecule has 0 unspecified atom stereocenters. The fraction of sp³-hybridized carbons (Fsp3) is 0.211. The van der Waals surface area contributed by atoms with Crippen LogP contribution in [0.4, 0.5) is 11.4 Å². The van der Waals surface area contributed by atoms with Crippen LogP contribution in [0.25, 0.3) is 0 Å². The van der Waals surface area contributed by atoms with Gasteiger partial charge in [0.1, 0.15) is 11.5 Å². The molecule has 3 rings (SSSR count). The standard InChI is InChI=1S/C19H19N5O3S/c1-13-8-9-16(17(10-13)24(26)27)20-18(25)12-28-19-22-21-14(2)23(19)11-15-6-4-3-5-7-15/h3-10H,11-12H2,1-2H3,(H,20,25). The maximum absolute atomic E-state index is 12.3. The lowest BCUT2D eigenvalue weighted by molar-refractivity contribution is -0.384. The third-order valence-electron chi connectivity index (χ3n) is 4.04. The number of hydrogen-bond acceptors (Lipinski definition) is 6. The lowest BCUT2D eigenvalue weighted by Gasteiger charge is -2.09. The van der Waals surface area contributed by atoms with E-state index in [-0.39, 0.29) is 23.0 Å². The second-order valence-corrected chi connectivity index (χ2v) is 7.16. The number of hydrogen-bond donors (Lipinski definition) is 1. The minimum absolute atomic E-state index is 0.0674. The third kappa shape index (κ3) is 4.74. The molecule has 1 amide bonds. The van der Waals surface area contributed by atoms with Crippen LogP contribution in [0.5, 0.6) is 0 Å². The number of thioether (sulfide) groups is 1. The normalized spacial score (nSPS) is 10.6. The largest absolute Gasteiger partial charge is 0.320 e. The van der Waals surface area contributed by atoms with Gasteiger partial charge in [-0.25, -0.2) is 0 Å². The molecule has 0 aliphatic heterocycles. The first-order valence-corrected chi connectivity index (χ1v) is 9.54. The van der Waals surface area contributed by atoms with Crippen molar-refractivity contribution in [2.24, 2.45) is 0 Å². The smallest absolute Gasteiger partial charge is 0.293 e. The zero-order valence-electron chi connectivity index (χ0n) is 15.5. The molecule has 0 bridgehead atoms. The summed E-state index contributed by atoms with van der Waals surface area (Å²) in [5.41, 5.74) is 1.92. The monoisotopic (exact) mass is 397 g/mol. The second kappa shape index (κ2) is 8.66. The zero-order chi connectivity index (χ0) is 20.1. The van der Waals surface area contributed by atoms with Crippen molar-refractivity contribution in [2.45, 2.75) is 25.5 Å². The Balaban J connectivity index is 1.67.